The summed E-state index contributed by atoms with van der Waals surface area (Å²) in [4.78, 5) is 10.8. The molecule has 80 valence electrons. The highest BCUT2D eigenvalue weighted by Gasteiger charge is 2.27. The molecule has 0 unspecified atom stereocenters. The van der Waals surface area contributed by atoms with E-state index in [-0.39, 0.29) is 18.4 Å². The molecular weight excluding hydrogens is 188 g/mol. The lowest BCUT2D eigenvalue weighted by molar-refractivity contribution is -0.118. The first-order valence-electron chi connectivity index (χ1n) is 5.31. The Morgan fingerprint density at radius 2 is 2.07 bits per heavy atom. The lowest BCUT2D eigenvalue weighted by Gasteiger charge is -2.14. The summed E-state index contributed by atoms with van der Waals surface area (Å²) in [5.74, 6) is 0.313. The van der Waals surface area contributed by atoms with Gasteiger partial charge in [-0.15, -0.1) is 0 Å². The van der Waals surface area contributed by atoms with Crippen LogP contribution in [-0.2, 0) is 4.79 Å². The van der Waals surface area contributed by atoms with Crippen LogP contribution in [-0.4, -0.2) is 5.91 Å². The zero-order valence-corrected chi connectivity index (χ0v) is 8.65. The van der Waals surface area contributed by atoms with E-state index in [1.165, 1.54) is 18.4 Å². The third-order valence-corrected chi connectivity index (χ3v) is 2.83. The van der Waals surface area contributed by atoms with Crippen molar-refractivity contribution in [2.45, 2.75) is 31.2 Å². The van der Waals surface area contributed by atoms with E-state index in [2.05, 4.69) is 6.07 Å². The first kappa shape index (κ1) is 10.2. The number of carbonyl (C=O) groups excluding carboxylic acids is 1. The Bertz CT molecular complexity index is 372. The zero-order valence-electron chi connectivity index (χ0n) is 8.65. The minimum atomic E-state index is -0.340. The molecule has 15 heavy (non-hydrogen) atoms. The predicted octanol–water partition coefficient (Wildman–Crippen LogP) is 1.44. The van der Waals surface area contributed by atoms with Crippen molar-refractivity contribution in [2.75, 3.05) is 0 Å². The molecule has 3 heteroatoms. The average molecular weight is 204 g/mol. The predicted molar refractivity (Wildman–Crippen MR) is 59.2 cm³/mol. The normalized spacial score (nSPS) is 17.4. The van der Waals surface area contributed by atoms with Gasteiger partial charge in [0.05, 0.1) is 0 Å². The number of carbonyl (C=O) groups is 1. The molecule has 1 saturated carbocycles. The van der Waals surface area contributed by atoms with Crippen molar-refractivity contribution in [2.24, 2.45) is 11.5 Å². The van der Waals surface area contributed by atoms with Crippen molar-refractivity contribution < 1.29 is 4.79 Å². The molecule has 1 aliphatic rings. The van der Waals surface area contributed by atoms with Crippen LogP contribution in [0.25, 0.3) is 0 Å². The second-order valence-corrected chi connectivity index (χ2v) is 4.18. The van der Waals surface area contributed by atoms with Gasteiger partial charge in [-0.3, -0.25) is 4.79 Å². The van der Waals surface area contributed by atoms with E-state index < -0.39 is 0 Å². The van der Waals surface area contributed by atoms with Crippen LogP contribution in [0.1, 0.15) is 42.3 Å². The molecule has 1 aliphatic carbocycles. The van der Waals surface area contributed by atoms with Crippen LogP contribution in [0.3, 0.4) is 0 Å². The summed E-state index contributed by atoms with van der Waals surface area (Å²) < 4.78 is 0. The number of rotatable bonds is 4. The van der Waals surface area contributed by atoms with Crippen LogP contribution >= 0.6 is 0 Å². The fraction of sp³-hybridized carbons (Fsp3) is 0.417. The number of primary amides is 1. The second kappa shape index (κ2) is 4.03. The van der Waals surface area contributed by atoms with E-state index in [9.17, 15) is 4.79 Å². The van der Waals surface area contributed by atoms with Gasteiger partial charge in [0.25, 0.3) is 0 Å². The third kappa shape index (κ3) is 2.36. The largest absolute Gasteiger partial charge is 0.370 e. The smallest absolute Gasteiger partial charge is 0.219 e. The molecule has 1 aromatic rings. The fourth-order valence-corrected chi connectivity index (χ4v) is 1.94. The molecule has 2 rings (SSSR count). The van der Waals surface area contributed by atoms with E-state index in [0.29, 0.717) is 5.92 Å². The molecule has 4 N–H and O–H groups in total. The minimum absolute atomic E-state index is 0.226. The van der Waals surface area contributed by atoms with Gasteiger partial charge >= 0.3 is 0 Å². The second-order valence-electron chi connectivity index (χ2n) is 4.18. The first-order valence-corrected chi connectivity index (χ1v) is 5.31. The quantitative estimate of drug-likeness (QED) is 0.779. The molecule has 1 fully saturated rings. The van der Waals surface area contributed by atoms with E-state index in [4.69, 9.17) is 11.5 Å². The Kier molecular flexibility index (Phi) is 2.73. The van der Waals surface area contributed by atoms with Gasteiger partial charge in [-0.25, -0.2) is 0 Å². The van der Waals surface area contributed by atoms with Crippen molar-refractivity contribution in [1.82, 2.24) is 0 Å². The van der Waals surface area contributed by atoms with Crippen molar-refractivity contribution in [3.8, 4) is 0 Å². The summed E-state index contributed by atoms with van der Waals surface area (Å²) in [6.07, 6.45) is 2.70. The van der Waals surface area contributed by atoms with E-state index >= 15 is 0 Å². The summed E-state index contributed by atoms with van der Waals surface area (Å²) in [5, 5.41) is 0. The van der Waals surface area contributed by atoms with Crippen molar-refractivity contribution in [1.29, 1.82) is 0 Å². The number of hydrogen-bond acceptors (Lipinski definition) is 2. The summed E-state index contributed by atoms with van der Waals surface area (Å²) in [5.41, 5.74) is 13.5. The lowest BCUT2D eigenvalue weighted by atomic mass is 9.96. The van der Waals surface area contributed by atoms with Crippen LogP contribution in [0.2, 0.25) is 0 Å². The van der Waals surface area contributed by atoms with Crippen molar-refractivity contribution in [3.05, 3.63) is 35.4 Å². The van der Waals surface area contributed by atoms with Gasteiger partial charge in [-0.1, -0.05) is 24.3 Å². The molecule has 0 aliphatic heterocycles. The highest BCUT2D eigenvalue weighted by atomic mass is 16.1. The topological polar surface area (TPSA) is 69.1 Å². The number of amides is 1. The highest BCUT2D eigenvalue weighted by molar-refractivity contribution is 5.74. The number of benzene rings is 1. The van der Waals surface area contributed by atoms with Crippen molar-refractivity contribution in [3.63, 3.8) is 0 Å². The van der Waals surface area contributed by atoms with E-state index in [0.717, 1.165) is 5.56 Å². The molecule has 0 radical (unpaired) electrons. The lowest BCUT2D eigenvalue weighted by Crippen LogP contribution is -2.21. The monoisotopic (exact) mass is 204 g/mol. The van der Waals surface area contributed by atoms with E-state index in [1.54, 1.807) is 0 Å². The van der Waals surface area contributed by atoms with Crippen LogP contribution in [0.4, 0.5) is 0 Å². The average Bonchev–Trinajstić information content (AvgIpc) is 3.00. The molecule has 1 aromatic carbocycles. The highest BCUT2D eigenvalue weighted by Crippen LogP contribution is 2.42. The molecule has 0 heterocycles. The van der Waals surface area contributed by atoms with Gasteiger partial charge in [-0.05, 0) is 29.9 Å². The third-order valence-electron chi connectivity index (χ3n) is 2.83. The zero-order chi connectivity index (χ0) is 10.8. The van der Waals surface area contributed by atoms with Crippen LogP contribution in [0.5, 0.6) is 0 Å². The summed E-state index contributed by atoms with van der Waals surface area (Å²) in [6.45, 7) is 0. The van der Waals surface area contributed by atoms with Crippen LogP contribution in [0.15, 0.2) is 24.3 Å². The molecule has 1 amide bonds. The molecule has 0 spiro atoms. The van der Waals surface area contributed by atoms with Crippen LogP contribution < -0.4 is 11.5 Å². The maximum Gasteiger partial charge on any atom is 0.219 e. The number of hydrogen-bond donors (Lipinski definition) is 2. The molecule has 0 saturated heterocycles. The summed E-state index contributed by atoms with van der Waals surface area (Å²) in [6, 6.07) is 7.84. The van der Waals surface area contributed by atoms with Gasteiger partial charge in [0.1, 0.15) is 0 Å². The van der Waals surface area contributed by atoms with Gasteiger partial charge in [0, 0.05) is 12.5 Å². The fourth-order valence-electron chi connectivity index (χ4n) is 1.94. The molecule has 0 aromatic heterocycles. The van der Waals surface area contributed by atoms with Crippen LogP contribution in [0, 0.1) is 0 Å². The molecular formula is C12H16N2O. The molecule has 1 atom stereocenters. The SMILES string of the molecule is NC(=O)C[C@@H](N)c1ccccc1C1CC1. The van der Waals surface area contributed by atoms with Crippen molar-refractivity contribution >= 4 is 5.91 Å². The van der Waals surface area contributed by atoms with Gasteiger partial charge in [-0.2, -0.15) is 0 Å². The Balaban J connectivity index is 2.21. The number of nitrogens with two attached hydrogens (primary N) is 2. The van der Waals surface area contributed by atoms with Gasteiger partial charge < -0.3 is 11.5 Å². The minimum Gasteiger partial charge on any atom is -0.370 e. The maximum atomic E-state index is 10.8. The Labute approximate surface area is 89.5 Å². The van der Waals surface area contributed by atoms with Gasteiger partial charge in [0.2, 0.25) is 5.91 Å². The Hall–Kier alpha value is -1.35. The Morgan fingerprint density at radius 3 is 2.67 bits per heavy atom. The standard InChI is InChI=1S/C12H16N2O/c13-11(7-12(14)15)10-4-2-1-3-9(10)8-5-6-8/h1-4,8,11H,5-7,13H2,(H2,14,15)/t11-/m1/s1. The summed E-state index contributed by atoms with van der Waals surface area (Å²) >= 11 is 0. The van der Waals surface area contributed by atoms with Gasteiger partial charge in [0.15, 0.2) is 0 Å². The molecule has 0 bridgehead atoms. The van der Waals surface area contributed by atoms with E-state index in [1.807, 2.05) is 18.2 Å². The summed E-state index contributed by atoms with van der Waals surface area (Å²) in [7, 11) is 0. The molecule has 3 nitrogen and oxygen atoms in total. The first-order chi connectivity index (χ1) is 7.18. The Morgan fingerprint density at radius 1 is 1.40 bits per heavy atom. The maximum absolute atomic E-state index is 10.8.